The van der Waals surface area contributed by atoms with E-state index < -0.39 is 0 Å². The largest absolute Gasteiger partial charge is 0.393 e. The Morgan fingerprint density at radius 3 is 2.95 bits per heavy atom. The Morgan fingerprint density at radius 2 is 2.24 bits per heavy atom. The molecule has 2 N–H and O–H groups in total. The first-order valence-electron chi connectivity index (χ1n) is 7.03. The van der Waals surface area contributed by atoms with E-state index in [2.05, 4.69) is 5.32 Å². The predicted octanol–water partition coefficient (Wildman–Crippen LogP) is 1.57. The van der Waals surface area contributed by atoms with Gasteiger partial charge >= 0.3 is 0 Å². The van der Waals surface area contributed by atoms with Gasteiger partial charge < -0.3 is 15.3 Å². The molecule has 1 aromatic rings. The second-order valence-electron chi connectivity index (χ2n) is 5.72. The first-order valence-corrected chi connectivity index (χ1v) is 8.01. The molecular formula is C15H18N2O3S. The van der Waals surface area contributed by atoms with Crippen LogP contribution in [0.4, 0.5) is 5.69 Å². The van der Waals surface area contributed by atoms with E-state index in [0.29, 0.717) is 23.8 Å². The highest BCUT2D eigenvalue weighted by Crippen LogP contribution is 2.32. The summed E-state index contributed by atoms with van der Waals surface area (Å²) < 4.78 is 0. The van der Waals surface area contributed by atoms with Gasteiger partial charge in [-0.15, -0.1) is 11.8 Å². The zero-order chi connectivity index (χ0) is 15.0. The van der Waals surface area contributed by atoms with Crippen molar-refractivity contribution in [2.24, 2.45) is 5.92 Å². The number of hydrogen-bond acceptors (Lipinski definition) is 4. The molecule has 1 heterocycles. The molecule has 1 aromatic carbocycles. The topological polar surface area (TPSA) is 69.6 Å². The number of hydrogen-bond donors (Lipinski definition) is 2. The molecule has 2 aliphatic rings. The van der Waals surface area contributed by atoms with E-state index in [9.17, 15) is 14.7 Å². The van der Waals surface area contributed by atoms with Gasteiger partial charge in [-0.1, -0.05) is 0 Å². The van der Waals surface area contributed by atoms with E-state index in [4.69, 9.17) is 0 Å². The molecule has 1 saturated carbocycles. The van der Waals surface area contributed by atoms with Gasteiger partial charge in [-0.25, -0.2) is 0 Å². The van der Waals surface area contributed by atoms with Crippen LogP contribution >= 0.6 is 11.8 Å². The van der Waals surface area contributed by atoms with E-state index in [1.165, 1.54) is 11.8 Å². The molecule has 3 rings (SSSR count). The maximum atomic E-state index is 12.4. The third-order valence-electron chi connectivity index (χ3n) is 3.95. The van der Waals surface area contributed by atoms with Gasteiger partial charge in [-0.3, -0.25) is 9.59 Å². The molecule has 0 bridgehead atoms. The van der Waals surface area contributed by atoms with Gasteiger partial charge in [-0.2, -0.15) is 0 Å². The lowest BCUT2D eigenvalue weighted by molar-refractivity contribution is -0.113. The molecule has 21 heavy (non-hydrogen) atoms. The molecule has 2 amide bonds. The van der Waals surface area contributed by atoms with Crippen molar-refractivity contribution in [3.63, 3.8) is 0 Å². The van der Waals surface area contributed by atoms with Gasteiger partial charge in [-0.05, 0) is 37.0 Å². The fourth-order valence-electron chi connectivity index (χ4n) is 2.76. The normalized spacial score (nSPS) is 23.8. The minimum atomic E-state index is -0.200. The number of carbonyl (C=O) groups is 2. The Bertz CT molecular complexity index is 584. The molecule has 1 fully saturated rings. The molecule has 0 saturated heterocycles. The monoisotopic (exact) mass is 306 g/mol. The maximum absolute atomic E-state index is 12.4. The second kappa shape index (κ2) is 5.69. The Morgan fingerprint density at radius 1 is 1.48 bits per heavy atom. The molecular weight excluding hydrogens is 288 g/mol. The van der Waals surface area contributed by atoms with Gasteiger partial charge in [0.15, 0.2) is 0 Å². The average molecular weight is 306 g/mol. The van der Waals surface area contributed by atoms with Crippen LogP contribution in [0, 0.1) is 5.92 Å². The summed E-state index contributed by atoms with van der Waals surface area (Å²) in [5, 5.41) is 12.1. The van der Waals surface area contributed by atoms with Crippen LogP contribution in [-0.2, 0) is 4.79 Å². The van der Waals surface area contributed by atoms with E-state index in [1.807, 2.05) is 6.07 Å². The van der Waals surface area contributed by atoms with Crippen LogP contribution in [0.5, 0.6) is 0 Å². The molecule has 0 radical (unpaired) electrons. The van der Waals surface area contributed by atoms with Crippen molar-refractivity contribution < 1.29 is 14.7 Å². The summed E-state index contributed by atoms with van der Waals surface area (Å²) in [5.41, 5.74) is 1.30. The van der Waals surface area contributed by atoms with Gasteiger partial charge in [0, 0.05) is 24.1 Å². The molecule has 1 aliphatic carbocycles. The molecule has 0 atom stereocenters. The zero-order valence-electron chi connectivity index (χ0n) is 11.8. The molecule has 1 aliphatic heterocycles. The number of amides is 2. The Labute approximate surface area is 127 Å². The third kappa shape index (κ3) is 3.06. The number of carbonyl (C=O) groups excluding carboxylic acids is 2. The summed E-state index contributed by atoms with van der Waals surface area (Å²) >= 11 is 1.48. The number of fused-ring (bicyclic) bond motifs is 1. The average Bonchev–Trinajstić information content (AvgIpc) is 2.44. The first-order chi connectivity index (χ1) is 10.0. The van der Waals surface area contributed by atoms with Crippen molar-refractivity contribution in [2.45, 2.75) is 23.8 Å². The molecule has 0 unspecified atom stereocenters. The van der Waals surface area contributed by atoms with Crippen molar-refractivity contribution in [1.29, 1.82) is 0 Å². The predicted molar refractivity (Wildman–Crippen MR) is 81.5 cm³/mol. The van der Waals surface area contributed by atoms with Crippen LogP contribution in [0.25, 0.3) is 0 Å². The van der Waals surface area contributed by atoms with E-state index in [0.717, 1.165) is 23.4 Å². The number of aliphatic hydroxyl groups is 1. The van der Waals surface area contributed by atoms with Crippen molar-refractivity contribution >= 4 is 29.3 Å². The lowest BCUT2D eigenvalue weighted by Crippen LogP contribution is -2.39. The van der Waals surface area contributed by atoms with Crippen molar-refractivity contribution in [1.82, 2.24) is 4.90 Å². The number of aliphatic hydroxyl groups excluding tert-OH is 1. The summed E-state index contributed by atoms with van der Waals surface area (Å²) in [4.78, 5) is 26.5. The van der Waals surface area contributed by atoms with Gasteiger partial charge in [0.05, 0.1) is 17.5 Å². The van der Waals surface area contributed by atoms with E-state index >= 15 is 0 Å². The Kier molecular flexibility index (Phi) is 3.91. The highest BCUT2D eigenvalue weighted by atomic mass is 32.2. The fourth-order valence-corrected chi connectivity index (χ4v) is 3.54. The third-order valence-corrected chi connectivity index (χ3v) is 5.02. The number of thioether (sulfide) groups is 1. The number of rotatable bonds is 3. The Balaban J connectivity index is 1.69. The number of nitrogens with zero attached hydrogens (tertiary/aromatic N) is 1. The van der Waals surface area contributed by atoms with Gasteiger partial charge in [0.1, 0.15) is 0 Å². The summed E-state index contributed by atoms with van der Waals surface area (Å²) in [5.74, 6) is 0.726. The van der Waals surface area contributed by atoms with Crippen LogP contribution in [0.3, 0.4) is 0 Å². The van der Waals surface area contributed by atoms with E-state index in [-0.39, 0.29) is 17.9 Å². The minimum Gasteiger partial charge on any atom is -0.393 e. The minimum absolute atomic E-state index is 0.0334. The molecule has 5 nitrogen and oxygen atoms in total. The molecule has 0 aromatic heterocycles. The maximum Gasteiger partial charge on any atom is 0.253 e. The summed E-state index contributed by atoms with van der Waals surface area (Å²) in [7, 11) is 1.78. The fraction of sp³-hybridized carbons (Fsp3) is 0.467. The number of nitrogens with one attached hydrogen (secondary N) is 1. The van der Waals surface area contributed by atoms with Crippen LogP contribution in [-0.4, -0.2) is 47.3 Å². The SMILES string of the molecule is CN(CC1CC(O)C1)C(=O)c1ccc2c(c1)NC(=O)CS2. The standard InChI is InChI=1S/C15H18N2O3S/c1-17(7-9-4-11(18)5-9)15(20)10-2-3-13-12(6-10)16-14(19)8-21-13/h2-3,6,9,11,18H,4-5,7-8H2,1H3,(H,16,19). The number of benzene rings is 1. The van der Waals surface area contributed by atoms with Crippen LogP contribution in [0.2, 0.25) is 0 Å². The highest BCUT2D eigenvalue weighted by molar-refractivity contribution is 8.00. The van der Waals surface area contributed by atoms with Crippen molar-refractivity contribution in [3.8, 4) is 0 Å². The van der Waals surface area contributed by atoms with Crippen molar-refractivity contribution in [3.05, 3.63) is 23.8 Å². The molecule has 0 spiro atoms. The summed E-state index contributed by atoms with van der Waals surface area (Å²) in [6, 6.07) is 5.43. The number of anilines is 1. The smallest absolute Gasteiger partial charge is 0.253 e. The zero-order valence-corrected chi connectivity index (χ0v) is 12.7. The van der Waals surface area contributed by atoms with Gasteiger partial charge in [0.25, 0.3) is 5.91 Å². The van der Waals surface area contributed by atoms with Crippen molar-refractivity contribution in [2.75, 3.05) is 24.7 Å². The van der Waals surface area contributed by atoms with Crippen LogP contribution < -0.4 is 5.32 Å². The van der Waals surface area contributed by atoms with E-state index in [1.54, 1.807) is 24.1 Å². The quantitative estimate of drug-likeness (QED) is 0.889. The van der Waals surface area contributed by atoms with Crippen LogP contribution in [0.1, 0.15) is 23.2 Å². The molecule has 112 valence electrons. The highest BCUT2D eigenvalue weighted by Gasteiger charge is 2.29. The lowest BCUT2D eigenvalue weighted by Gasteiger charge is -2.34. The van der Waals surface area contributed by atoms with Crippen LogP contribution in [0.15, 0.2) is 23.1 Å². The summed E-state index contributed by atoms with van der Waals surface area (Å²) in [6.45, 7) is 0.661. The van der Waals surface area contributed by atoms with Gasteiger partial charge in [0.2, 0.25) is 5.91 Å². The molecule has 6 heteroatoms. The Hall–Kier alpha value is -1.53. The second-order valence-corrected chi connectivity index (χ2v) is 6.74. The lowest BCUT2D eigenvalue weighted by atomic mass is 9.82. The summed E-state index contributed by atoms with van der Waals surface area (Å²) in [6.07, 6.45) is 1.35. The first kappa shape index (κ1) is 14.4.